The number of pyridine rings is 1. The molecule has 1 fully saturated rings. The highest BCUT2D eigenvalue weighted by atomic mass is 32.1. The predicted molar refractivity (Wildman–Crippen MR) is 163 cm³/mol. The maximum atomic E-state index is 12.9. The van der Waals surface area contributed by atoms with Crippen LogP contribution in [0.5, 0.6) is 0 Å². The first-order chi connectivity index (χ1) is 19.8. The van der Waals surface area contributed by atoms with E-state index in [0.717, 1.165) is 39.6 Å². The zero-order valence-corrected chi connectivity index (χ0v) is 24.4. The highest BCUT2D eigenvalue weighted by Crippen LogP contribution is 2.41. The Labute approximate surface area is 245 Å². The number of methoxy groups -OCH3 is 1. The fourth-order valence-corrected chi connectivity index (χ4v) is 5.75. The van der Waals surface area contributed by atoms with Crippen molar-refractivity contribution in [2.75, 3.05) is 19.0 Å². The number of hydrogen-bond acceptors (Lipinski definition) is 5. The van der Waals surface area contributed by atoms with E-state index in [1.54, 1.807) is 18.3 Å². The van der Waals surface area contributed by atoms with Crippen LogP contribution >= 0.6 is 12.2 Å². The number of aryl methyl sites for hydroxylation is 2. The average molecular weight is 568 g/mol. The number of esters is 1. The molecule has 1 aliphatic heterocycles. The SMILES string of the molecule is COC(=O)c1ccc(-n2c(C)cc([C@@H]3[C@H](c4ccccn4)NC(=S)N3CCC(=O)Nc3ccc(C)cc3)c2C)cc1. The third-order valence-corrected chi connectivity index (χ3v) is 7.80. The van der Waals surface area contributed by atoms with Crippen molar-refractivity contribution in [2.45, 2.75) is 39.3 Å². The molecule has 0 spiro atoms. The summed E-state index contributed by atoms with van der Waals surface area (Å²) in [7, 11) is 1.37. The van der Waals surface area contributed by atoms with Gasteiger partial charge in [0.2, 0.25) is 5.91 Å². The molecular formula is C32H33N5O3S. The van der Waals surface area contributed by atoms with E-state index in [4.69, 9.17) is 17.0 Å². The number of benzene rings is 2. The molecule has 2 aromatic heterocycles. The molecule has 4 aromatic rings. The Balaban J connectivity index is 1.45. The minimum atomic E-state index is -0.371. The molecule has 0 aliphatic carbocycles. The minimum absolute atomic E-state index is 0.0761. The number of anilines is 1. The van der Waals surface area contributed by atoms with Crippen molar-refractivity contribution in [3.63, 3.8) is 0 Å². The van der Waals surface area contributed by atoms with Crippen molar-refractivity contribution in [1.29, 1.82) is 0 Å². The molecule has 1 saturated heterocycles. The minimum Gasteiger partial charge on any atom is -0.465 e. The van der Waals surface area contributed by atoms with Crippen LogP contribution in [0.1, 0.15) is 57.1 Å². The second-order valence-corrected chi connectivity index (χ2v) is 10.6. The van der Waals surface area contributed by atoms with Crippen LogP contribution in [0.15, 0.2) is 79.0 Å². The van der Waals surface area contributed by atoms with Crippen molar-refractivity contribution < 1.29 is 14.3 Å². The van der Waals surface area contributed by atoms with Crippen molar-refractivity contribution in [2.24, 2.45) is 0 Å². The van der Waals surface area contributed by atoms with E-state index >= 15 is 0 Å². The van der Waals surface area contributed by atoms with Gasteiger partial charge < -0.3 is 24.8 Å². The monoisotopic (exact) mass is 567 g/mol. The second kappa shape index (κ2) is 11.9. The van der Waals surface area contributed by atoms with Crippen LogP contribution in [0.25, 0.3) is 5.69 Å². The first-order valence-electron chi connectivity index (χ1n) is 13.5. The summed E-state index contributed by atoms with van der Waals surface area (Å²) in [5, 5.41) is 7.05. The lowest BCUT2D eigenvalue weighted by atomic mass is 9.96. The van der Waals surface area contributed by atoms with Crippen LogP contribution in [-0.4, -0.2) is 45.1 Å². The molecule has 210 valence electrons. The number of ether oxygens (including phenoxy) is 1. The largest absolute Gasteiger partial charge is 0.465 e. The Morgan fingerprint density at radius 1 is 1.02 bits per heavy atom. The van der Waals surface area contributed by atoms with Gasteiger partial charge in [0.05, 0.1) is 30.5 Å². The summed E-state index contributed by atoms with van der Waals surface area (Å²) in [6, 6.07) is 22.8. The van der Waals surface area contributed by atoms with Gasteiger partial charge in [-0.15, -0.1) is 0 Å². The third kappa shape index (κ3) is 5.85. The van der Waals surface area contributed by atoms with Crippen LogP contribution in [0, 0.1) is 20.8 Å². The predicted octanol–water partition coefficient (Wildman–Crippen LogP) is 5.59. The van der Waals surface area contributed by atoms with Crippen LogP contribution in [-0.2, 0) is 9.53 Å². The van der Waals surface area contributed by atoms with Crippen molar-refractivity contribution in [3.8, 4) is 5.69 Å². The Morgan fingerprint density at radius 3 is 2.41 bits per heavy atom. The molecule has 0 bridgehead atoms. The highest BCUT2D eigenvalue weighted by molar-refractivity contribution is 7.80. The fraction of sp³-hybridized carbons (Fsp3) is 0.250. The Morgan fingerprint density at radius 2 is 1.76 bits per heavy atom. The van der Waals surface area contributed by atoms with E-state index in [-0.39, 0.29) is 30.4 Å². The first-order valence-corrected chi connectivity index (χ1v) is 13.9. The second-order valence-electron chi connectivity index (χ2n) is 10.2. The molecule has 0 saturated carbocycles. The quantitative estimate of drug-likeness (QED) is 0.212. The maximum Gasteiger partial charge on any atom is 0.337 e. The Bertz CT molecular complexity index is 1570. The smallest absolute Gasteiger partial charge is 0.337 e. The summed E-state index contributed by atoms with van der Waals surface area (Å²) in [5.41, 5.74) is 7.38. The molecule has 0 radical (unpaired) electrons. The van der Waals surface area contributed by atoms with Gasteiger partial charge in [0.15, 0.2) is 5.11 Å². The Kier molecular flexibility index (Phi) is 8.16. The molecule has 2 atom stereocenters. The van der Waals surface area contributed by atoms with Gasteiger partial charge in [0.1, 0.15) is 0 Å². The normalized spacial score (nSPS) is 16.4. The van der Waals surface area contributed by atoms with E-state index in [1.807, 2.05) is 61.5 Å². The number of carbonyl (C=O) groups is 2. The topological polar surface area (TPSA) is 88.5 Å². The van der Waals surface area contributed by atoms with E-state index in [2.05, 4.69) is 45.0 Å². The van der Waals surface area contributed by atoms with Gasteiger partial charge in [-0.05, 0) is 93.1 Å². The van der Waals surface area contributed by atoms with E-state index in [0.29, 0.717) is 17.2 Å². The van der Waals surface area contributed by atoms with Crippen molar-refractivity contribution >= 4 is 34.9 Å². The summed E-state index contributed by atoms with van der Waals surface area (Å²) in [5.74, 6) is -0.447. The summed E-state index contributed by atoms with van der Waals surface area (Å²) in [6.07, 6.45) is 2.05. The van der Waals surface area contributed by atoms with Gasteiger partial charge in [-0.1, -0.05) is 23.8 Å². The highest BCUT2D eigenvalue weighted by Gasteiger charge is 2.41. The lowest BCUT2D eigenvalue weighted by Gasteiger charge is -2.28. The van der Waals surface area contributed by atoms with Gasteiger partial charge in [-0.2, -0.15) is 0 Å². The molecule has 9 heteroatoms. The van der Waals surface area contributed by atoms with Gasteiger partial charge in [-0.25, -0.2) is 4.79 Å². The molecule has 1 amide bonds. The first kappa shape index (κ1) is 28.0. The maximum absolute atomic E-state index is 12.9. The fourth-order valence-electron chi connectivity index (χ4n) is 5.42. The molecule has 2 N–H and O–H groups in total. The lowest BCUT2D eigenvalue weighted by molar-refractivity contribution is -0.116. The molecule has 8 nitrogen and oxygen atoms in total. The van der Waals surface area contributed by atoms with Gasteiger partial charge >= 0.3 is 5.97 Å². The van der Waals surface area contributed by atoms with Crippen LogP contribution in [0.3, 0.4) is 0 Å². The van der Waals surface area contributed by atoms with E-state index in [9.17, 15) is 9.59 Å². The number of nitrogens with zero attached hydrogens (tertiary/aromatic N) is 3. The van der Waals surface area contributed by atoms with Gasteiger partial charge in [0.25, 0.3) is 0 Å². The number of rotatable bonds is 8. The average Bonchev–Trinajstić information content (AvgIpc) is 3.47. The van der Waals surface area contributed by atoms with Crippen LogP contribution in [0.2, 0.25) is 0 Å². The van der Waals surface area contributed by atoms with Crippen LogP contribution < -0.4 is 10.6 Å². The molecule has 0 unspecified atom stereocenters. The van der Waals surface area contributed by atoms with Crippen molar-refractivity contribution in [3.05, 3.63) is 113 Å². The lowest BCUT2D eigenvalue weighted by Crippen LogP contribution is -2.32. The third-order valence-electron chi connectivity index (χ3n) is 7.45. The molecule has 5 rings (SSSR count). The standard InChI is InChI=1S/C32H33N5O3S/c1-20-8-12-24(13-9-20)34-28(38)16-18-36-30(29(35-32(36)41)27-7-5-6-17-33-27)26-19-21(2)37(22(26)3)25-14-10-23(11-15-25)31(39)40-4/h5-15,17,19,29-30H,16,18H2,1-4H3,(H,34,38)(H,35,41)/t29-,30+/m0/s1. The summed E-state index contributed by atoms with van der Waals surface area (Å²) in [6.45, 7) is 6.59. The number of carbonyl (C=O) groups excluding carboxylic acids is 2. The summed E-state index contributed by atoms with van der Waals surface area (Å²) < 4.78 is 7.01. The van der Waals surface area contributed by atoms with E-state index in [1.165, 1.54) is 7.11 Å². The number of nitrogens with one attached hydrogen (secondary N) is 2. The number of amides is 1. The Hall–Kier alpha value is -4.50. The number of aromatic nitrogens is 2. The van der Waals surface area contributed by atoms with E-state index < -0.39 is 0 Å². The zero-order chi connectivity index (χ0) is 29.1. The number of hydrogen-bond donors (Lipinski definition) is 2. The molecular weight excluding hydrogens is 534 g/mol. The molecule has 3 heterocycles. The molecule has 2 aromatic carbocycles. The van der Waals surface area contributed by atoms with Gasteiger partial charge in [0, 0.05) is 41.9 Å². The number of thiocarbonyl (C=S) groups is 1. The van der Waals surface area contributed by atoms with Crippen molar-refractivity contribution in [1.82, 2.24) is 19.8 Å². The van der Waals surface area contributed by atoms with Gasteiger partial charge in [-0.3, -0.25) is 9.78 Å². The van der Waals surface area contributed by atoms with Crippen LogP contribution in [0.4, 0.5) is 5.69 Å². The molecule has 1 aliphatic rings. The molecule has 41 heavy (non-hydrogen) atoms. The summed E-state index contributed by atoms with van der Waals surface area (Å²) in [4.78, 5) is 31.6. The zero-order valence-electron chi connectivity index (χ0n) is 23.5. The summed E-state index contributed by atoms with van der Waals surface area (Å²) >= 11 is 5.82.